The Labute approximate surface area is 247 Å². The van der Waals surface area contributed by atoms with Gasteiger partial charge in [0, 0.05) is 35.8 Å². The number of ether oxygens (including phenoxy) is 1. The predicted molar refractivity (Wildman–Crippen MR) is 161 cm³/mol. The standard InChI is InChI=1S/C32H44N4O4S/c1-5-40-31(38)27(36-41(39)28-21(3)13-20(2)14-22(28)4)19-34-30(37)25-17-32(18-25)15-23(16-32)8-10-26-11-9-24-7-6-12-33-29(24)35-26/h9,11,13-14,23,25,27,36H,5-8,10,12,15-19H2,1-4H3,(H,33,35)(H,34,37). The van der Waals surface area contributed by atoms with E-state index in [0.29, 0.717) is 16.2 Å². The summed E-state index contributed by atoms with van der Waals surface area (Å²) < 4.78 is 21.3. The van der Waals surface area contributed by atoms with E-state index in [9.17, 15) is 14.1 Å². The molecule has 2 aromatic rings. The number of anilines is 1. The highest BCUT2D eigenvalue weighted by atomic mass is 32.2. The number of benzene rings is 1. The molecule has 8 nitrogen and oxygen atoms in total. The fourth-order valence-corrected chi connectivity index (χ4v) is 8.40. The van der Waals surface area contributed by atoms with Gasteiger partial charge in [-0.2, -0.15) is 0 Å². The van der Waals surface area contributed by atoms with Gasteiger partial charge < -0.3 is 19.9 Å². The molecule has 1 aromatic carbocycles. The van der Waals surface area contributed by atoms with Gasteiger partial charge in [0.2, 0.25) is 5.91 Å². The van der Waals surface area contributed by atoms with Crippen LogP contribution in [0.2, 0.25) is 0 Å². The Morgan fingerprint density at radius 3 is 2.61 bits per heavy atom. The first-order valence-electron chi connectivity index (χ1n) is 15.1. The van der Waals surface area contributed by atoms with Crippen LogP contribution < -0.4 is 15.4 Å². The lowest BCUT2D eigenvalue weighted by atomic mass is 9.47. The third-order valence-electron chi connectivity index (χ3n) is 9.02. The second kappa shape index (κ2) is 12.7. The largest absolute Gasteiger partial charge is 0.593 e. The minimum Gasteiger partial charge on any atom is -0.593 e. The lowest BCUT2D eigenvalue weighted by Gasteiger charge is -2.57. The van der Waals surface area contributed by atoms with Gasteiger partial charge in [0.25, 0.3) is 0 Å². The van der Waals surface area contributed by atoms with Gasteiger partial charge in [-0.15, -0.1) is 4.72 Å². The molecule has 222 valence electrons. The molecule has 1 aromatic heterocycles. The Hall–Kier alpha value is -2.62. The van der Waals surface area contributed by atoms with Gasteiger partial charge in [-0.3, -0.25) is 9.59 Å². The van der Waals surface area contributed by atoms with Crippen LogP contribution in [0.1, 0.15) is 73.4 Å². The topological polar surface area (TPSA) is 115 Å². The number of hydrogen-bond donors (Lipinski definition) is 3. The number of aromatic nitrogens is 1. The van der Waals surface area contributed by atoms with Gasteiger partial charge in [0.1, 0.15) is 5.82 Å². The number of aryl methyl sites for hydroxylation is 5. The minimum atomic E-state index is -1.62. The van der Waals surface area contributed by atoms with E-state index in [1.54, 1.807) is 6.92 Å². The van der Waals surface area contributed by atoms with Crippen LogP contribution in [0.4, 0.5) is 5.82 Å². The third kappa shape index (κ3) is 6.89. The van der Waals surface area contributed by atoms with Gasteiger partial charge >= 0.3 is 5.97 Å². The number of pyridine rings is 1. The average molecular weight is 581 g/mol. The first kappa shape index (κ1) is 29.9. The fourth-order valence-electron chi connectivity index (χ4n) is 7.14. The molecule has 3 N–H and O–H groups in total. The summed E-state index contributed by atoms with van der Waals surface area (Å²) in [4.78, 5) is 31.1. The zero-order valence-electron chi connectivity index (χ0n) is 24.8. The summed E-state index contributed by atoms with van der Waals surface area (Å²) in [6.45, 7) is 8.82. The Balaban J connectivity index is 1.07. The number of amides is 1. The summed E-state index contributed by atoms with van der Waals surface area (Å²) in [6, 6.07) is 7.47. The van der Waals surface area contributed by atoms with Gasteiger partial charge in [0.15, 0.2) is 10.9 Å². The Bertz CT molecular complexity index is 1250. The SMILES string of the molecule is CCOC(=O)C(CNC(=O)C1CC2(CC(CCc3ccc4c(n3)NCCC4)C2)C1)N[S+]([O-])c1c(C)cc(C)cc1C. The molecule has 2 heterocycles. The van der Waals surface area contributed by atoms with Gasteiger partial charge in [-0.1, -0.05) is 23.8 Å². The van der Waals surface area contributed by atoms with Crippen LogP contribution in [0.3, 0.4) is 0 Å². The Morgan fingerprint density at radius 1 is 1.17 bits per heavy atom. The number of hydrogen-bond acceptors (Lipinski definition) is 7. The number of esters is 1. The van der Waals surface area contributed by atoms with E-state index >= 15 is 0 Å². The number of nitrogens with zero attached hydrogens (tertiary/aromatic N) is 1. The maximum Gasteiger partial charge on any atom is 0.329 e. The molecule has 2 unspecified atom stereocenters. The van der Waals surface area contributed by atoms with E-state index in [0.717, 1.165) is 61.2 Å². The van der Waals surface area contributed by atoms with Crippen LogP contribution in [0, 0.1) is 38.0 Å². The molecule has 2 fully saturated rings. The molecule has 0 radical (unpaired) electrons. The van der Waals surface area contributed by atoms with Crippen molar-refractivity contribution in [3.8, 4) is 0 Å². The minimum absolute atomic E-state index is 0.0285. The molecule has 2 aliphatic carbocycles. The van der Waals surface area contributed by atoms with Crippen molar-refractivity contribution in [3.63, 3.8) is 0 Å². The van der Waals surface area contributed by atoms with Crippen LogP contribution in [0.5, 0.6) is 0 Å². The van der Waals surface area contributed by atoms with E-state index in [1.807, 2.05) is 32.9 Å². The highest BCUT2D eigenvalue weighted by Crippen LogP contribution is 2.62. The van der Waals surface area contributed by atoms with Crippen molar-refractivity contribution < 1.29 is 18.9 Å². The van der Waals surface area contributed by atoms with Gasteiger partial charge in [-0.05, 0) is 102 Å². The Morgan fingerprint density at radius 2 is 1.90 bits per heavy atom. The van der Waals surface area contributed by atoms with Crippen molar-refractivity contribution in [3.05, 3.63) is 52.2 Å². The maximum absolute atomic E-state index is 13.2. The average Bonchev–Trinajstić information content (AvgIpc) is 2.88. The summed E-state index contributed by atoms with van der Waals surface area (Å²) in [5.74, 6) is 1.19. The van der Waals surface area contributed by atoms with E-state index in [4.69, 9.17) is 9.72 Å². The number of rotatable bonds is 11. The lowest BCUT2D eigenvalue weighted by Crippen LogP contribution is -2.54. The molecule has 9 heteroatoms. The van der Waals surface area contributed by atoms with Crippen molar-refractivity contribution in [1.29, 1.82) is 0 Å². The molecule has 2 atom stereocenters. The molecule has 0 saturated heterocycles. The van der Waals surface area contributed by atoms with Crippen molar-refractivity contribution in [1.82, 2.24) is 15.0 Å². The first-order valence-corrected chi connectivity index (χ1v) is 16.2. The van der Waals surface area contributed by atoms with E-state index < -0.39 is 23.4 Å². The van der Waals surface area contributed by atoms with E-state index in [-0.39, 0.29) is 25.0 Å². The molecule has 1 aliphatic heterocycles. The summed E-state index contributed by atoms with van der Waals surface area (Å²) in [5, 5.41) is 6.36. The van der Waals surface area contributed by atoms with Crippen molar-refractivity contribution in [2.24, 2.45) is 17.3 Å². The molecule has 5 rings (SSSR count). The van der Waals surface area contributed by atoms with Gasteiger partial charge in [-0.25, -0.2) is 4.98 Å². The molecular weight excluding hydrogens is 536 g/mol. The van der Waals surface area contributed by atoms with Crippen LogP contribution >= 0.6 is 0 Å². The molecule has 1 amide bonds. The predicted octanol–water partition coefficient (Wildman–Crippen LogP) is 4.46. The van der Waals surface area contributed by atoms with Crippen molar-refractivity contribution in [2.45, 2.75) is 90.0 Å². The smallest absolute Gasteiger partial charge is 0.329 e. The van der Waals surface area contributed by atoms with Crippen LogP contribution in [-0.4, -0.2) is 47.2 Å². The zero-order valence-corrected chi connectivity index (χ0v) is 25.6. The van der Waals surface area contributed by atoms with Crippen LogP contribution in [0.25, 0.3) is 0 Å². The normalized spacial score (nSPS) is 24.3. The summed E-state index contributed by atoms with van der Waals surface area (Å²) in [6.07, 6.45) is 8.61. The van der Waals surface area contributed by atoms with Crippen molar-refractivity contribution in [2.75, 3.05) is 25.0 Å². The molecule has 3 aliphatic rings. The highest BCUT2D eigenvalue weighted by Gasteiger charge is 2.54. The highest BCUT2D eigenvalue weighted by molar-refractivity contribution is 7.89. The number of carbonyl (C=O) groups is 2. The molecule has 0 bridgehead atoms. The third-order valence-corrected chi connectivity index (χ3v) is 10.5. The second-order valence-electron chi connectivity index (χ2n) is 12.4. The molecule has 41 heavy (non-hydrogen) atoms. The van der Waals surface area contributed by atoms with E-state index in [2.05, 4.69) is 27.5 Å². The van der Waals surface area contributed by atoms with E-state index in [1.165, 1.54) is 30.5 Å². The van der Waals surface area contributed by atoms with Gasteiger partial charge in [0.05, 0.1) is 18.0 Å². The summed E-state index contributed by atoms with van der Waals surface area (Å²) >= 11 is -1.62. The summed E-state index contributed by atoms with van der Waals surface area (Å²) in [5.41, 5.74) is 5.69. The number of nitrogens with one attached hydrogen (secondary N) is 3. The lowest BCUT2D eigenvalue weighted by molar-refractivity contribution is -0.146. The number of carbonyl (C=O) groups excluding carboxylic acids is 2. The fraction of sp³-hybridized carbons (Fsp3) is 0.594. The maximum atomic E-state index is 13.2. The van der Waals surface area contributed by atoms with Crippen LogP contribution in [-0.2, 0) is 38.5 Å². The number of fused-ring (bicyclic) bond motifs is 1. The van der Waals surface area contributed by atoms with Crippen molar-refractivity contribution >= 4 is 29.1 Å². The second-order valence-corrected chi connectivity index (χ2v) is 13.6. The summed E-state index contributed by atoms with van der Waals surface area (Å²) in [7, 11) is 0. The first-order chi connectivity index (χ1) is 19.7. The molecule has 2 saturated carbocycles. The molecular formula is C32H44N4O4S. The monoisotopic (exact) mass is 580 g/mol. The molecule has 1 spiro atoms. The van der Waals surface area contributed by atoms with Crippen LogP contribution in [0.15, 0.2) is 29.2 Å². The Kier molecular flexibility index (Phi) is 9.26. The zero-order chi connectivity index (χ0) is 29.1. The quantitative estimate of drug-likeness (QED) is 0.265.